The summed E-state index contributed by atoms with van der Waals surface area (Å²) in [5.74, 6) is 0.378. The summed E-state index contributed by atoms with van der Waals surface area (Å²) in [4.78, 5) is 16.6. The van der Waals surface area contributed by atoms with Gasteiger partial charge < -0.3 is 15.2 Å². The predicted octanol–water partition coefficient (Wildman–Crippen LogP) is 3.60. The van der Waals surface area contributed by atoms with E-state index in [1.54, 1.807) is 31.0 Å². The lowest BCUT2D eigenvalue weighted by Crippen LogP contribution is -2.17. The Morgan fingerprint density at radius 3 is 2.41 bits per heavy atom. The number of hydrogen-bond donors (Lipinski definition) is 1. The fourth-order valence-corrected chi connectivity index (χ4v) is 2.73. The lowest BCUT2D eigenvalue weighted by molar-refractivity contribution is 0.0512. The van der Waals surface area contributed by atoms with Crippen molar-refractivity contribution < 1.29 is 14.3 Å². The largest absolute Gasteiger partial charge is 0.497 e. The third kappa shape index (κ3) is 5.69. The number of nitrogens with zero attached hydrogens (tertiary/aromatic N) is 3. The first-order valence-electron chi connectivity index (χ1n) is 8.72. The SMILES string of the molecule is CCOC(=O)c1cc(-c2ccnc(-c3ccc(OC)cc3)c2)nn1CCN.Cl.Cl. The van der Waals surface area contributed by atoms with E-state index in [0.717, 1.165) is 22.6 Å². The summed E-state index contributed by atoms with van der Waals surface area (Å²) in [6.45, 7) is 2.89. The molecule has 0 bridgehead atoms. The standard InChI is InChI=1S/C20H22N4O3.2ClH/c1-3-27-20(25)19-13-18(23-24(19)11-9-21)15-8-10-22-17(12-15)14-4-6-16(26-2)7-5-14;;/h4-8,10,12-13H,3,9,11,21H2,1-2H3;2*1H. The molecule has 2 N–H and O–H groups in total. The van der Waals surface area contributed by atoms with Crippen LogP contribution in [0.2, 0.25) is 0 Å². The molecule has 29 heavy (non-hydrogen) atoms. The molecule has 2 heterocycles. The first-order valence-corrected chi connectivity index (χ1v) is 8.72. The molecule has 1 aromatic carbocycles. The highest BCUT2D eigenvalue weighted by atomic mass is 35.5. The van der Waals surface area contributed by atoms with Gasteiger partial charge in [0.05, 0.1) is 31.6 Å². The highest BCUT2D eigenvalue weighted by Gasteiger charge is 2.17. The summed E-state index contributed by atoms with van der Waals surface area (Å²) in [5.41, 5.74) is 9.33. The molecular formula is C20H24Cl2N4O3. The van der Waals surface area contributed by atoms with E-state index in [1.165, 1.54) is 0 Å². The number of ether oxygens (including phenoxy) is 2. The van der Waals surface area contributed by atoms with Crippen LogP contribution in [-0.4, -0.2) is 41.0 Å². The second-order valence-electron chi connectivity index (χ2n) is 5.81. The number of pyridine rings is 1. The van der Waals surface area contributed by atoms with Crippen LogP contribution in [0.4, 0.5) is 0 Å². The molecule has 0 aliphatic heterocycles. The molecule has 0 saturated heterocycles. The Labute approximate surface area is 182 Å². The van der Waals surface area contributed by atoms with E-state index in [1.807, 2.05) is 36.4 Å². The average Bonchev–Trinajstić information content (AvgIpc) is 3.13. The molecule has 9 heteroatoms. The van der Waals surface area contributed by atoms with Gasteiger partial charge in [0.2, 0.25) is 0 Å². The van der Waals surface area contributed by atoms with Gasteiger partial charge in [-0.05, 0) is 49.4 Å². The minimum Gasteiger partial charge on any atom is -0.497 e. The molecular weight excluding hydrogens is 415 g/mol. The molecule has 0 aliphatic carbocycles. The van der Waals surface area contributed by atoms with Crippen LogP contribution >= 0.6 is 24.8 Å². The number of hydrogen-bond acceptors (Lipinski definition) is 6. The topological polar surface area (TPSA) is 92.3 Å². The second kappa shape index (κ2) is 11.4. The minimum atomic E-state index is -0.408. The maximum Gasteiger partial charge on any atom is 0.356 e. The Morgan fingerprint density at radius 1 is 1.07 bits per heavy atom. The number of rotatable bonds is 7. The summed E-state index contributed by atoms with van der Waals surface area (Å²) >= 11 is 0. The zero-order valence-corrected chi connectivity index (χ0v) is 17.8. The van der Waals surface area contributed by atoms with Gasteiger partial charge in [0.1, 0.15) is 11.4 Å². The lowest BCUT2D eigenvalue weighted by Gasteiger charge is -2.05. The van der Waals surface area contributed by atoms with Gasteiger partial charge in [-0.3, -0.25) is 9.67 Å². The van der Waals surface area contributed by atoms with Gasteiger partial charge in [-0.15, -0.1) is 24.8 Å². The van der Waals surface area contributed by atoms with Gasteiger partial charge in [0.15, 0.2) is 0 Å². The van der Waals surface area contributed by atoms with Crippen LogP contribution < -0.4 is 10.5 Å². The zero-order valence-electron chi connectivity index (χ0n) is 16.2. The van der Waals surface area contributed by atoms with Crippen molar-refractivity contribution in [1.29, 1.82) is 0 Å². The molecule has 0 saturated carbocycles. The number of carbonyl (C=O) groups excluding carboxylic acids is 1. The van der Waals surface area contributed by atoms with Crippen molar-refractivity contribution in [2.24, 2.45) is 5.73 Å². The number of nitrogens with two attached hydrogens (primary N) is 1. The molecule has 3 rings (SSSR count). The van der Waals surface area contributed by atoms with Crippen LogP contribution in [0.25, 0.3) is 22.5 Å². The van der Waals surface area contributed by atoms with Gasteiger partial charge in [-0.2, -0.15) is 5.10 Å². The third-order valence-corrected chi connectivity index (χ3v) is 4.05. The van der Waals surface area contributed by atoms with Gasteiger partial charge in [-0.25, -0.2) is 4.79 Å². The van der Waals surface area contributed by atoms with Crippen molar-refractivity contribution in [3.8, 4) is 28.3 Å². The molecule has 0 unspecified atom stereocenters. The summed E-state index contributed by atoms with van der Waals surface area (Å²) in [7, 11) is 1.63. The van der Waals surface area contributed by atoms with Gasteiger partial charge in [0, 0.05) is 23.9 Å². The van der Waals surface area contributed by atoms with Crippen molar-refractivity contribution in [2.45, 2.75) is 13.5 Å². The van der Waals surface area contributed by atoms with Crippen LogP contribution in [0.1, 0.15) is 17.4 Å². The summed E-state index contributed by atoms with van der Waals surface area (Å²) in [6, 6.07) is 13.2. The summed E-state index contributed by atoms with van der Waals surface area (Å²) in [6.07, 6.45) is 1.72. The van der Waals surface area contributed by atoms with E-state index >= 15 is 0 Å². The molecule has 2 aromatic heterocycles. The van der Waals surface area contributed by atoms with Gasteiger partial charge >= 0.3 is 5.97 Å². The molecule has 0 spiro atoms. The number of benzene rings is 1. The summed E-state index contributed by atoms with van der Waals surface area (Å²) < 4.78 is 11.9. The van der Waals surface area contributed by atoms with Crippen LogP contribution in [-0.2, 0) is 11.3 Å². The van der Waals surface area contributed by atoms with Crippen LogP contribution in [0.5, 0.6) is 5.75 Å². The molecule has 0 atom stereocenters. The smallest absolute Gasteiger partial charge is 0.356 e. The highest BCUT2D eigenvalue weighted by Crippen LogP contribution is 2.26. The fraction of sp³-hybridized carbons (Fsp3) is 0.250. The lowest BCUT2D eigenvalue weighted by atomic mass is 10.1. The van der Waals surface area contributed by atoms with E-state index in [9.17, 15) is 4.79 Å². The maximum atomic E-state index is 12.2. The van der Waals surface area contributed by atoms with Crippen LogP contribution in [0.15, 0.2) is 48.7 Å². The fourth-order valence-electron chi connectivity index (χ4n) is 2.73. The molecule has 0 fully saturated rings. The summed E-state index contributed by atoms with van der Waals surface area (Å²) in [5, 5.41) is 4.52. The average molecular weight is 439 g/mol. The molecule has 0 aliphatic rings. The maximum absolute atomic E-state index is 12.2. The van der Waals surface area contributed by atoms with Gasteiger partial charge in [-0.1, -0.05) is 0 Å². The first-order chi connectivity index (χ1) is 13.2. The Kier molecular flexibility index (Phi) is 9.61. The van der Waals surface area contributed by atoms with Gasteiger partial charge in [0.25, 0.3) is 0 Å². The molecule has 156 valence electrons. The van der Waals surface area contributed by atoms with Crippen LogP contribution in [0.3, 0.4) is 0 Å². The number of carbonyl (C=O) groups is 1. The van der Waals surface area contributed by atoms with E-state index in [4.69, 9.17) is 15.2 Å². The third-order valence-electron chi connectivity index (χ3n) is 4.05. The van der Waals surface area contributed by atoms with Crippen LogP contribution in [0, 0.1) is 0 Å². The highest BCUT2D eigenvalue weighted by molar-refractivity contribution is 5.89. The number of aromatic nitrogens is 3. The first kappa shape index (κ1) is 24.4. The molecule has 0 radical (unpaired) electrons. The van der Waals surface area contributed by atoms with Crippen molar-refractivity contribution in [1.82, 2.24) is 14.8 Å². The minimum absolute atomic E-state index is 0. The zero-order chi connectivity index (χ0) is 19.2. The Hall–Kier alpha value is -2.61. The van der Waals surface area contributed by atoms with E-state index < -0.39 is 5.97 Å². The van der Waals surface area contributed by atoms with E-state index in [0.29, 0.717) is 31.1 Å². The number of halogens is 2. The number of esters is 1. The monoisotopic (exact) mass is 438 g/mol. The molecule has 0 amide bonds. The predicted molar refractivity (Wildman–Crippen MR) is 117 cm³/mol. The number of methoxy groups -OCH3 is 1. The van der Waals surface area contributed by atoms with Crippen molar-refractivity contribution in [3.63, 3.8) is 0 Å². The van der Waals surface area contributed by atoms with E-state index in [2.05, 4.69) is 10.1 Å². The Bertz CT molecular complexity index is 930. The molecule has 7 nitrogen and oxygen atoms in total. The van der Waals surface area contributed by atoms with E-state index in [-0.39, 0.29) is 24.8 Å². The van der Waals surface area contributed by atoms with Crippen molar-refractivity contribution in [3.05, 3.63) is 54.4 Å². The van der Waals surface area contributed by atoms with Crippen molar-refractivity contribution in [2.75, 3.05) is 20.3 Å². The Balaban J connectivity index is 0.00000210. The second-order valence-corrected chi connectivity index (χ2v) is 5.81. The quantitative estimate of drug-likeness (QED) is 0.566. The van der Waals surface area contributed by atoms with Crippen molar-refractivity contribution >= 4 is 30.8 Å². The molecule has 3 aromatic rings. The normalized spacial score (nSPS) is 9.90. The Morgan fingerprint density at radius 2 is 1.79 bits per heavy atom.